The second kappa shape index (κ2) is 7.23. The lowest BCUT2D eigenvalue weighted by Crippen LogP contribution is -2.14. The molecule has 0 spiro atoms. The van der Waals surface area contributed by atoms with Crippen LogP contribution in [0, 0.1) is 12.7 Å². The fraction of sp³-hybridized carbons (Fsp3) is 0.261. The van der Waals surface area contributed by atoms with Crippen LogP contribution in [0.4, 0.5) is 10.2 Å². The van der Waals surface area contributed by atoms with Crippen molar-refractivity contribution >= 4 is 5.82 Å². The lowest BCUT2D eigenvalue weighted by molar-refractivity contribution is 0.227. The van der Waals surface area contributed by atoms with Crippen molar-refractivity contribution in [3.63, 3.8) is 0 Å². The van der Waals surface area contributed by atoms with Gasteiger partial charge in [-0.1, -0.05) is 17.7 Å². The third-order valence-electron chi connectivity index (χ3n) is 5.70. The number of benzene rings is 1. The summed E-state index contributed by atoms with van der Waals surface area (Å²) in [7, 11) is 0. The molecule has 2 bridgehead atoms. The molecule has 2 N–H and O–H groups in total. The highest BCUT2D eigenvalue weighted by Crippen LogP contribution is 2.36. The lowest BCUT2D eigenvalue weighted by atomic mass is 10.0. The average Bonchev–Trinajstić information content (AvgIpc) is 3.33. The van der Waals surface area contributed by atoms with Crippen molar-refractivity contribution < 1.29 is 9.13 Å². The first-order valence-electron chi connectivity index (χ1n) is 10.3. The zero-order valence-corrected chi connectivity index (χ0v) is 17.6. The standard InChI is InChI=1S/C23H23FN6O/c1-4-29-22-15(11-27-29)8-20-18(24)12-28-30(20)19-6-5-13(2)7-17(19)14(3)31-21-9-16(22)10-26-23(21)25/h5-7,9-12,14H,4,8H2,1-3H3,(H2,25,26). The van der Waals surface area contributed by atoms with Crippen LogP contribution in [-0.2, 0) is 13.0 Å². The van der Waals surface area contributed by atoms with Gasteiger partial charge in [-0.3, -0.25) is 4.68 Å². The van der Waals surface area contributed by atoms with E-state index in [1.54, 1.807) is 17.1 Å². The van der Waals surface area contributed by atoms with Gasteiger partial charge in [0.05, 0.1) is 29.5 Å². The van der Waals surface area contributed by atoms with E-state index in [9.17, 15) is 4.39 Å². The number of hydrogen-bond acceptors (Lipinski definition) is 5. The highest BCUT2D eigenvalue weighted by atomic mass is 19.1. The third-order valence-corrected chi connectivity index (χ3v) is 5.70. The van der Waals surface area contributed by atoms with Crippen molar-refractivity contribution in [1.82, 2.24) is 24.5 Å². The molecule has 0 saturated heterocycles. The number of aryl methyl sites for hydroxylation is 2. The van der Waals surface area contributed by atoms with E-state index in [2.05, 4.69) is 15.2 Å². The smallest absolute Gasteiger partial charge is 0.166 e. The Hall–Kier alpha value is -3.68. The van der Waals surface area contributed by atoms with E-state index in [1.165, 1.54) is 6.20 Å². The van der Waals surface area contributed by atoms with E-state index in [-0.39, 0.29) is 11.9 Å². The first kappa shape index (κ1) is 19.3. The summed E-state index contributed by atoms with van der Waals surface area (Å²) in [6.45, 7) is 6.63. The Bertz CT molecular complexity index is 1290. The number of nitrogens with two attached hydrogens (primary N) is 1. The largest absolute Gasteiger partial charge is 0.482 e. The average molecular weight is 418 g/mol. The van der Waals surface area contributed by atoms with Crippen LogP contribution in [0.1, 0.15) is 42.3 Å². The molecule has 1 atom stereocenters. The lowest BCUT2D eigenvalue weighted by Gasteiger charge is -2.22. The molecule has 158 valence electrons. The molecule has 0 fully saturated rings. The number of halogens is 1. The molecule has 8 heteroatoms. The molecule has 1 unspecified atom stereocenters. The molecule has 1 aliphatic heterocycles. The third kappa shape index (κ3) is 3.15. The maximum atomic E-state index is 14.9. The predicted octanol–water partition coefficient (Wildman–Crippen LogP) is 4.22. The topological polar surface area (TPSA) is 83.8 Å². The van der Waals surface area contributed by atoms with Crippen LogP contribution in [0.3, 0.4) is 0 Å². The van der Waals surface area contributed by atoms with Crippen LogP contribution in [0.25, 0.3) is 16.9 Å². The van der Waals surface area contributed by atoms with Crippen LogP contribution < -0.4 is 10.5 Å². The van der Waals surface area contributed by atoms with Crippen molar-refractivity contribution in [2.24, 2.45) is 0 Å². The molecule has 1 aromatic carbocycles. The number of pyridine rings is 1. The zero-order chi connectivity index (χ0) is 21.7. The van der Waals surface area contributed by atoms with Gasteiger partial charge in [-0.05, 0) is 32.9 Å². The summed E-state index contributed by atoms with van der Waals surface area (Å²) in [5, 5.41) is 8.86. The van der Waals surface area contributed by atoms with Gasteiger partial charge in [0.15, 0.2) is 17.4 Å². The van der Waals surface area contributed by atoms with E-state index in [0.29, 0.717) is 30.2 Å². The number of nitrogen functional groups attached to an aromatic ring is 1. The second-order valence-electron chi connectivity index (χ2n) is 7.79. The van der Waals surface area contributed by atoms with Crippen molar-refractivity contribution in [2.45, 2.75) is 39.8 Å². The summed E-state index contributed by atoms with van der Waals surface area (Å²) in [6, 6.07) is 7.85. The van der Waals surface area contributed by atoms with Crippen molar-refractivity contribution in [2.75, 3.05) is 5.73 Å². The summed E-state index contributed by atoms with van der Waals surface area (Å²) in [5.41, 5.74) is 11.9. The molecule has 4 aromatic rings. The minimum absolute atomic E-state index is 0.316. The normalized spacial score (nSPS) is 15.2. The minimum atomic E-state index is -0.358. The number of anilines is 1. The van der Waals surface area contributed by atoms with Crippen LogP contribution in [0.2, 0.25) is 0 Å². The van der Waals surface area contributed by atoms with E-state index in [4.69, 9.17) is 10.5 Å². The quantitative estimate of drug-likeness (QED) is 0.500. The monoisotopic (exact) mass is 418 g/mol. The molecule has 7 nitrogen and oxygen atoms in total. The molecule has 5 rings (SSSR count). The van der Waals surface area contributed by atoms with Crippen molar-refractivity contribution in [1.29, 1.82) is 0 Å². The summed E-state index contributed by atoms with van der Waals surface area (Å²) < 4.78 is 24.7. The van der Waals surface area contributed by atoms with Gasteiger partial charge in [-0.2, -0.15) is 10.2 Å². The SMILES string of the molecule is CCn1ncc2c1-c1cnc(N)c(c1)OC(C)c1cc(C)ccc1-n1ncc(F)c1C2. The first-order chi connectivity index (χ1) is 15.0. The zero-order valence-electron chi connectivity index (χ0n) is 17.6. The summed E-state index contributed by atoms with van der Waals surface area (Å²) in [5.74, 6) is 0.458. The van der Waals surface area contributed by atoms with Crippen LogP contribution in [-0.4, -0.2) is 24.5 Å². The molecular weight excluding hydrogens is 395 g/mol. The first-order valence-corrected chi connectivity index (χ1v) is 10.3. The van der Waals surface area contributed by atoms with Gasteiger partial charge in [0, 0.05) is 35.9 Å². The highest BCUT2D eigenvalue weighted by molar-refractivity contribution is 5.68. The van der Waals surface area contributed by atoms with Gasteiger partial charge in [-0.15, -0.1) is 0 Å². The molecule has 0 amide bonds. The van der Waals surface area contributed by atoms with Gasteiger partial charge < -0.3 is 10.5 Å². The molecular formula is C23H23FN6O. The second-order valence-corrected chi connectivity index (χ2v) is 7.79. The number of rotatable bonds is 1. The van der Waals surface area contributed by atoms with E-state index >= 15 is 0 Å². The summed E-state index contributed by atoms with van der Waals surface area (Å²) in [4.78, 5) is 4.36. The van der Waals surface area contributed by atoms with Gasteiger partial charge in [0.2, 0.25) is 0 Å². The molecule has 0 radical (unpaired) electrons. The number of aromatic nitrogens is 5. The van der Waals surface area contributed by atoms with Crippen molar-refractivity contribution in [3.8, 4) is 22.7 Å². The Labute approximate surface area is 179 Å². The molecule has 31 heavy (non-hydrogen) atoms. The van der Waals surface area contributed by atoms with E-state index in [0.717, 1.165) is 33.6 Å². The minimum Gasteiger partial charge on any atom is -0.482 e. The highest BCUT2D eigenvalue weighted by Gasteiger charge is 2.24. The van der Waals surface area contributed by atoms with Gasteiger partial charge in [0.25, 0.3) is 0 Å². The van der Waals surface area contributed by atoms with Gasteiger partial charge in [-0.25, -0.2) is 14.1 Å². The summed E-state index contributed by atoms with van der Waals surface area (Å²) in [6.07, 6.45) is 4.72. The maximum Gasteiger partial charge on any atom is 0.166 e. The van der Waals surface area contributed by atoms with E-state index in [1.807, 2.05) is 49.7 Å². The van der Waals surface area contributed by atoms with Crippen LogP contribution >= 0.6 is 0 Å². The molecule has 1 aliphatic rings. The van der Waals surface area contributed by atoms with Crippen LogP contribution in [0.15, 0.2) is 42.9 Å². The Kier molecular flexibility index (Phi) is 4.50. The summed E-state index contributed by atoms with van der Waals surface area (Å²) >= 11 is 0. The number of nitrogens with zero attached hydrogens (tertiary/aromatic N) is 5. The Morgan fingerprint density at radius 1 is 1.19 bits per heavy atom. The molecule has 0 aliphatic carbocycles. The predicted molar refractivity (Wildman–Crippen MR) is 116 cm³/mol. The number of hydrogen-bond donors (Lipinski definition) is 1. The number of fused-ring (bicyclic) bond motifs is 7. The van der Waals surface area contributed by atoms with E-state index < -0.39 is 0 Å². The maximum absolute atomic E-state index is 14.9. The van der Waals surface area contributed by atoms with Crippen LogP contribution in [0.5, 0.6) is 5.75 Å². The van der Waals surface area contributed by atoms with Gasteiger partial charge >= 0.3 is 0 Å². The molecule has 3 aromatic heterocycles. The number of ether oxygens (including phenoxy) is 1. The Balaban J connectivity index is 1.82. The Morgan fingerprint density at radius 3 is 2.84 bits per heavy atom. The fourth-order valence-corrected chi connectivity index (χ4v) is 4.15. The molecule has 0 saturated carbocycles. The van der Waals surface area contributed by atoms with Crippen molar-refractivity contribution in [3.05, 3.63) is 71.1 Å². The van der Waals surface area contributed by atoms with Gasteiger partial charge in [0.1, 0.15) is 6.10 Å². The Morgan fingerprint density at radius 2 is 2.03 bits per heavy atom. The molecule has 4 heterocycles. The fourth-order valence-electron chi connectivity index (χ4n) is 4.15.